The van der Waals surface area contributed by atoms with Crippen molar-refractivity contribution in [3.05, 3.63) is 11.6 Å². The van der Waals surface area contributed by atoms with Gasteiger partial charge in [-0.3, -0.25) is 5.01 Å². The lowest BCUT2D eigenvalue weighted by atomic mass is 10.3. The van der Waals surface area contributed by atoms with Crippen LogP contribution in [0.15, 0.2) is 9.41 Å². The van der Waals surface area contributed by atoms with Crippen molar-refractivity contribution in [1.29, 1.82) is 0 Å². The third kappa shape index (κ3) is 2.42. The summed E-state index contributed by atoms with van der Waals surface area (Å²) in [5, 5.41) is 7.45. The number of ether oxygens (including phenoxy) is 1. The first kappa shape index (κ1) is 12.4. The normalized spacial score (nSPS) is 20.3. The number of oxazole rings is 1. The molecule has 0 atom stereocenters. The van der Waals surface area contributed by atoms with E-state index in [0.29, 0.717) is 30.9 Å². The molecular formula is C11H18N6O2. The highest BCUT2D eigenvalue weighted by molar-refractivity contribution is 5.81. The van der Waals surface area contributed by atoms with Crippen LogP contribution in [0, 0.1) is 0 Å². The number of hydrazine groups is 1. The molecule has 1 fully saturated rings. The second-order valence-electron chi connectivity index (χ2n) is 4.52. The molecule has 19 heavy (non-hydrogen) atoms. The van der Waals surface area contributed by atoms with Crippen LogP contribution in [0.1, 0.15) is 11.6 Å². The Bertz CT molecular complexity index is 480. The number of aromatic nitrogens is 1. The molecule has 0 amide bonds. The van der Waals surface area contributed by atoms with E-state index in [0.717, 1.165) is 31.9 Å². The van der Waals surface area contributed by atoms with Crippen molar-refractivity contribution in [2.24, 2.45) is 10.7 Å². The van der Waals surface area contributed by atoms with Crippen molar-refractivity contribution >= 4 is 11.8 Å². The molecule has 0 unspecified atom stereocenters. The van der Waals surface area contributed by atoms with Crippen molar-refractivity contribution in [2.75, 3.05) is 33.3 Å². The van der Waals surface area contributed by atoms with Gasteiger partial charge in [0.25, 0.3) is 0 Å². The van der Waals surface area contributed by atoms with Gasteiger partial charge in [-0.15, -0.1) is 0 Å². The lowest BCUT2D eigenvalue weighted by Gasteiger charge is -2.38. The largest absolute Gasteiger partial charge is 0.420 e. The third-order valence-corrected chi connectivity index (χ3v) is 3.20. The molecule has 8 nitrogen and oxygen atoms in total. The van der Waals surface area contributed by atoms with E-state index in [1.165, 1.54) is 0 Å². The number of aliphatic imine (C=N–C) groups is 1. The number of fused-ring (bicyclic) bond motifs is 1. The summed E-state index contributed by atoms with van der Waals surface area (Å²) in [5.41, 5.74) is 6.81. The number of nitrogens with one attached hydrogen (secondary N) is 1. The van der Waals surface area contributed by atoms with E-state index in [9.17, 15) is 0 Å². The molecule has 0 spiro atoms. The van der Waals surface area contributed by atoms with Crippen molar-refractivity contribution < 1.29 is 9.15 Å². The highest BCUT2D eigenvalue weighted by Crippen LogP contribution is 2.27. The maximum absolute atomic E-state index is 6.00. The first-order chi connectivity index (χ1) is 9.28. The molecule has 3 N–H and O–H groups in total. The van der Waals surface area contributed by atoms with Crippen LogP contribution >= 0.6 is 0 Å². The van der Waals surface area contributed by atoms with Crippen LogP contribution in [0.5, 0.6) is 0 Å². The SMILES string of the molecule is COCc1nc2c(o1)N=C(N)N(N1CCNCC1)C2. The number of piperazine rings is 1. The molecule has 3 heterocycles. The molecule has 1 aromatic rings. The Morgan fingerprint density at radius 1 is 1.42 bits per heavy atom. The predicted molar refractivity (Wildman–Crippen MR) is 68.5 cm³/mol. The molecule has 2 aliphatic heterocycles. The summed E-state index contributed by atoms with van der Waals surface area (Å²) < 4.78 is 10.5. The maximum atomic E-state index is 6.00. The zero-order valence-electron chi connectivity index (χ0n) is 10.9. The quantitative estimate of drug-likeness (QED) is 0.755. The molecule has 0 aliphatic carbocycles. The highest BCUT2D eigenvalue weighted by Gasteiger charge is 2.28. The fraction of sp³-hybridized carbons (Fsp3) is 0.636. The summed E-state index contributed by atoms with van der Waals surface area (Å²) in [4.78, 5) is 8.66. The van der Waals surface area contributed by atoms with Gasteiger partial charge in [0, 0.05) is 33.3 Å². The molecular weight excluding hydrogens is 248 g/mol. The minimum Gasteiger partial charge on any atom is -0.420 e. The number of hydrogen-bond acceptors (Lipinski definition) is 8. The Morgan fingerprint density at radius 3 is 2.95 bits per heavy atom. The van der Waals surface area contributed by atoms with Crippen molar-refractivity contribution in [3.8, 4) is 0 Å². The van der Waals surface area contributed by atoms with E-state index in [1.54, 1.807) is 7.11 Å². The van der Waals surface area contributed by atoms with Crippen molar-refractivity contribution in [2.45, 2.75) is 13.2 Å². The first-order valence-corrected chi connectivity index (χ1v) is 6.32. The lowest BCUT2D eigenvalue weighted by molar-refractivity contribution is 0.0215. The van der Waals surface area contributed by atoms with E-state index >= 15 is 0 Å². The summed E-state index contributed by atoms with van der Waals surface area (Å²) in [6, 6.07) is 0. The molecule has 1 aromatic heterocycles. The van der Waals surface area contributed by atoms with Crippen LogP contribution in [0.3, 0.4) is 0 Å². The Morgan fingerprint density at radius 2 is 2.21 bits per heavy atom. The van der Waals surface area contributed by atoms with Crippen LogP contribution in [-0.4, -0.2) is 54.3 Å². The number of rotatable bonds is 3. The zero-order valence-corrected chi connectivity index (χ0v) is 10.9. The summed E-state index contributed by atoms with van der Waals surface area (Å²) in [5.74, 6) is 1.48. The number of methoxy groups -OCH3 is 1. The van der Waals surface area contributed by atoms with Crippen LogP contribution in [0.25, 0.3) is 0 Å². The molecule has 3 rings (SSSR count). The average Bonchev–Trinajstić information content (AvgIpc) is 2.80. The molecule has 0 bridgehead atoms. The minimum atomic E-state index is 0.343. The van der Waals surface area contributed by atoms with Gasteiger partial charge in [-0.25, -0.2) is 9.99 Å². The Balaban J connectivity index is 1.79. The highest BCUT2D eigenvalue weighted by atomic mass is 16.5. The van der Waals surface area contributed by atoms with Crippen LogP contribution in [-0.2, 0) is 17.9 Å². The smallest absolute Gasteiger partial charge is 0.248 e. The van der Waals surface area contributed by atoms with E-state index in [4.69, 9.17) is 14.9 Å². The first-order valence-electron chi connectivity index (χ1n) is 6.32. The zero-order chi connectivity index (χ0) is 13.2. The van der Waals surface area contributed by atoms with E-state index < -0.39 is 0 Å². The number of guanidine groups is 1. The molecule has 0 aromatic carbocycles. The van der Waals surface area contributed by atoms with E-state index in [-0.39, 0.29) is 0 Å². The topological polar surface area (TPSA) is 92.1 Å². The van der Waals surface area contributed by atoms with Gasteiger partial charge >= 0.3 is 0 Å². The van der Waals surface area contributed by atoms with Crippen LogP contribution in [0.2, 0.25) is 0 Å². The monoisotopic (exact) mass is 266 g/mol. The van der Waals surface area contributed by atoms with E-state index in [2.05, 4.69) is 20.3 Å². The number of nitrogens with zero attached hydrogens (tertiary/aromatic N) is 4. The number of nitrogens with two attached hydrogens (primary N) is 1. The minimum absolute atomic E-state index is 0.343. The van der Waals surface area contributed by atoms with Gasteiger partial charge in [-0.1, -0.05) is 0 Å². The second kappa shape index (κ2) is 5.16. The van der Waals surface area contributed by atoms with Gasteiger partial charge in [0.05, 0.1) is 6.54 Å². The Labute approximate surface area is 111 Å². The fourth-order valence-corrected chi connectivity index (χ4v) is 2.29. The fourth-order valence-electron chi connectivity index (χ4n) is 2.29. The Hall–Kier alpha value is -1.64. The predicted octanol–water partition coefficient (Wildman–Crippen LogP) is -0.597. The van der Waals surface area contributed by atoms with Crippen molar-refractivity contribution in [3.63, 3.8) is 0 Å². The van der Waals surface area contributed by atoms with Crippen LogP contribution < -0.4 is 11.1 Å². The lowest BCUT2D eigenvalue weighted by Crippen LogP contribution is -2.56. The van der Waals surface area contributed by atoms with Crippen LogP contribution in [0.4, 0.5) is 5.88 Å². The van der Waals surface area contributed by atoms with E-state index in [1.807, 2.05) is 5.01 Å². The molecule has 2 aliphatic rings. The van der Waals surface area contributed by atoms with Gasteiger partial charge in [0.1, 0.15) is 12.3 Å². The van der Waals surface area contributed by atoms with Gasteiger partial charge in [0.15, 0.2) is 0 Å². The van der Waals surface area contributed by atoms with Gasteiger partial charge in [0.2, 0.25) is 17.7 Å². The second-order valence-corrected chi connectivity index (χ2v) is 4.52. The summed E-state index contributed by atoms with van der Waals surface area (Å²) >= 11 is 0. The molecule has 8 heteroatoms. The summed E-state index contributed by atoms with van der Waals surface area (Å²) in [6.07, 6.45) is 0. The summed E-state index contributed by atoms with van der Waals surface area (Å²) in [6.45, 7) is 4.66. The third-order valence-electron chi connectivity index (χ3n) is 3.20. The molecule has 1 saturated heterocycles. The molecule has 104 valence electrons. The summed E-state index contributed by atoms with van der Waals surface area (Å²) in [7, 11) is 1.61. The van der Waals surface area contributed by atoms with Gasteiger partial charge in [-0.05, 0) is 0 Å². The van der Waals surface area contributed by atoms with Crippen molar-refractivity contribution in [1.82, 2.24) is 20.3 Å². The standard InChI is InChI=1S/C11H18N6O2/c1-18-7-9-14-8-6-17(11(12)15-10(8)19-9)16-4-2-13-3-5-16/h13H,2-7H2,1H3,(H2,12,15). The average molecular weight is 266 g/mol. The molecule has 0 radical (unpaired) electrons. The Kier molecular flexibility index (Phi) is 3.36. The van der Waals surface area contributed by atoms with Gasteiger partial charge in [-0.2, -0.15) is 4.99 Å². The number of hydrogen-bond donors (Lipinski definition) is 2. The van der Waals surface area contributed by atoms with Gasteiger partial charge < -0.3 is 20.2 Å². The molecule has 0 saturated carbocycles. The maximum Gasteiger partial charge on any atom is 0.248 e.